The Morgan fingerprint density at radius 3 is 2.75 bits per heavy atom. The summed E-state index contributed by atoms with van der Waals surface area (Å²) in [6.07, 6.45) is 0.593. The van der Waals surface area contributed by atoms with Gasteiger partial charge in [0.25, 0.3) is 0 Å². The molecule has 1 amide bonds. The van der Waals surface area contributed by atoms with Crippen molar-refractivity contribution in [2.45, 2.75) is 33.0 Å². The van der Waals surface area contributed by atoms with Crippen LogP contribution in [0.15, 0.2) is 36.4 Å². The van der Waals surface area contributed by atoms with E-state index in [1.807, 2.05) is 13.0 Å². The van der Waals surface area contributed by atoms with E-state index in [-0.39, 0.29) is 11.8 Å². The molecule has 0 aromatic heterocycles. The molecule has 0 bridgehead atoms. The first kappa shape index (κ1) is 17.3. The van der Waals surface area contributed by atoms with E-state index in [9.17, 15) is 4.79 Å². The van der Waals surface area contributed by atoms with Gasteiger partial charge in [0.05, 0.1) is 0 Å². The minimum absolute atomic E-state index is 0.0274. The van der Waals surface area contributed by atoms with Crippen molar-refractivity contribution >= 4 is 29.1 Å². The number of carbonyl (C=O) groups is 1. The van der Waals surface area contributed by atoms with Crippen LogP contribution in [0.3, 0.4) is 0 Å². The van der Waals surface area contributed by atoms with Gasteiger partial charge in [-0.25, -0.2) is 0 Å². The van der Waals surface area contributed by atoms with Gasteiger partial charge >= 0.3 is 0 Å². The predicted molar refractivity (Wildman–Crippen MR) is 98.2 cm³/mol. The van der Waals surface area contributed by atoms with Crippen molar-refractivity contribution in [1.29, 1.82) is 0 Å². The van der Waals surface area contributed by atoms with Crippen LogP contribution in [0.1, 0.15) is 29.2 Å². The Morgan fingerprint density at radius 2 is 1.96 bits per heavy atom. The summed E-state index contributed by atoms with van der Waals surface area (Å²) in [5, 5.41) is 7.55. The molecule has 0 spiro atoms. The first-order chi connectivity index (χ1) is 11.5. The van der Waals surface area contributed by atoms with Crippen molar-refractivity contribution in [2.75, 3.05) is 0 Å². The highest BCUT2D eigenvalue weighted by molar-refractivity contribution is 6.35. The van der Waals surface area contributed by atoms with Crippen molar-refractivity contribution in [3.8, 4) is 0 Å². The smallest absolute Gasteiger partial charge is 0.223 e. The molecule has 2 aromatic rings. The van der Waals surface area contributed by atoms with Crippen LogP contribution in [-0.2, 0) is 30.8 Å². The number of hydrogen-bond acceptors (Lipinski definition) is 2. The van der Waals surface area contributed by atoms with E-state index in [1.165, 1.54) is 11.1 Å². The van der Waals surface area contributed by atoms with Gasteiger partial charge in [-0.2, -0.15) is 0 Å². The fraction of sp³-hybridized carbons (Fsp3) is 0.316. The van der Waals surface area contributed by atoms with E-state index in [1.54, 1.807) is 12.1 Å². The second kappa shape index (κ2) is 7.56. The molecular weight excluding hydrogens is 343 g/mol. The number of nitrogens with one attached hydrogen (secondary N) is 2. The third-order valence-corrected chi connectivity index (χ3v) is 4.94. The van der Waals surface area contributed by atoms with E-state index >= 15 is 0 Å². The van der Waals surface area contributed by atoms with Gasteiger partial charge in [0.1, 0.15) is 0 Å². The van der Waals surface area contributed by atoms with Gasteiger partial charge in [-0.05, 0) is 40.8 Å². The minimum atomic E-state index is -0.153. The van der Waals surface area contributed by atoms with Gasteiger partial charge in [0.2, 0.25) is 5.91 Å². The maximum atomic E-state index is 12.3. The molecule has 24 heavy (non-hydrogen) atoms. The Morgan fingerprint density at radius 1 is 1.17 bits per heavy atom. The molecule has 1 aliphatic heterocycles. The molecule has 0 saturated carbocycles. The van der Waals surface area contributed by atoms with Crippen molar-refractivity contribution in [3.05, 3.63) is 68.7 Å². The van der Waals surface area contributed by atoms with Crippen LogP contribution in [-0.4, -0.2) is 5.91 Å². The lowest BCUT2D eigenvalue weighted by Gasteiger charge is -2.14. The zero-order chi connectivity index (χ0) is 17.1. The van der Waals surface area contributed by atoms with Gasteiger partial charge < -0.3 is 10.6 Å². The number of carbonyl (C=O) groups excluding carboxylic acids is 1. The van der Waals surface area contributed by atoms with E-state index in [2.05, 4.69) is 28.8 Å². The van der Waals surface area contributed by atoms with Crippen molar-refractivity contribution in [2.24, 2.45) is 5.92 Å². The summed E-state index contributed by atoms with van der Waals surface area (Å²) in [4.78, 5) is 12.3. The van der Waals surface area contributed by atoms with Crippen LogP contribution in [0.2, 0.25) is 10.0 Å². The number of hydrogen-bond donors (Lipinski definition) is 2. The average Bonchev–Trinajstić information content (AvgIpc) is 3.02. The molecule has 2 aromatic carbocycles. The van der Waals surface area contributed by atoms with Crippen LogP contribution >= 0.6 is 23.2 Å². The predicted octanol–water partition coefficient (Wildman–Crippen LogP) is 4.09. The highest BCUT2D eigenvalue weighted by Gasteiger charge is 2.16. The second-order valence-electron chi connectivity index (χ2n) is 6.27. The zero-order valence-corrected chi connectivity index (χ0v) is 15.0. The first-order valence-corrected chi connectivity index (χ1v) is 8.81. The van der Waals surface area contributed by atoms with Crippen molar-refractivity contribution in [3.63, 3.8) is 0 Å². The Bertz CT molecular complexity index is 761. The van der Waals surface area contributed by atoms with E-state index in [4.69, 9.17) is 23.2 Å². The van der Waals surface area contributed by atoms with Gasteiger partial charge in [0.15, 0.2) is 0 Å². The van der Waals surface area contributed by atoms with Gasteiger partial charge in [-0.15, -0.1) is 0 Å². The maximum Gasteiger partial charge on any atom is 0.223 e. The molecule has 3 nitrogen and oxygen atoms in total. The number of fused-ring (bicyclic) bond motifs is 1. The minimum Gasteiger partial charge on any atom is -0.352 e. The summed E-state index contributed by atoms with van der Waals surface area (Å²) in [5.41, 5.74) is 4.73. The van der Waals surface area contributed by atoms with Crippen LogP contribution in [0.25, 0.3) is 0 Å². The summed E-state index contributed by atoms with van der Waals surface area (Å²) in [7, 11) is 0. The molecule has 126 valence electrons. The van der Waals surface area contributed by atoms with Gasteiger partial charge in [-0.1, -0.05) is 54.4 Å². The Labute approximate surface area is 152 Å². The molecule has 0 aliphatic carbocycles. The number of benzene rings is 2. The van der Waals surface area contributed by atoms with Crippen LogP contribution < -0.4 is 10.6 Å². The SMILES string of the molecule is CC(Cc1ccc(Cl)cc1Cl)C(=O)NCc1ccc2c(c1)CNC2. The molecule has 0 radical (unpaired) electrons. The van der Waals surface area contributed by atoms with E-state index in [0.29, 0.717) is 23.0 Å². The average molecular weight is 363 g/mol. The largest absolute Gasteiger partial charge is 0.352 e. The lowest BCUT2D eigenvalue weighted by molar-refractivity contribution is -0.124. The van der Waals surface area contributed by atoms with Crippen LogP contribution in [0.5, 0.6) is 0 Å². The third-order valence-electron chi connectivity index (χ3n) is 4.36. The van der Waals surface area contributed by atoms with Gasteiger partial charge in [0, 0.05) is 35.6 Å². The first-order valence-electron chi connectivity index (χ1n) is 8.06. The Kier molecular flexibility index (Phi) is 5.44. The molecule has 1 heterocycles. The molecule has 3 rings (SSSR count). The highest BCUT2D eigenvalue weighted by atomic mass is 35.5. The van der Waals surface area contributed by atoms with Gasteiger partial charge in [-0.3, -0.25) is 4.79 Å². The lowest BCUT2D eigenvalue weighted by Crippen LogP contribution is -2.30. The molecule has 1 atom stereocenters. The van der Waals surface area contributed by atoms with Crippen LogP contribution in [0.4, 0.5) is 0 Å². The number of rotatable bonds is 5. The quantitative estimate of drug-likeness (QED) is 0.840. The van der Waals surface area contributed by atoms with E-state index in [0.717, 1.165) is 24.2 Å². The molecule has 0 saturated heterocycles. The normalized spacial score (nSPS) is 14.3. The molecule has 0 fully saturated rings. The summed E-state index contributed by atoms with van der Waals surface area (Å²) in [5.74, 6) is -0.126. The number of halogens is 2. The third kappa shape index (κ3) is 4.10. The topological polar surface area (TPSA) is 41.1 Å². The lowest BCUT2D eigenvalue weighted by atomic mass is 10.00. The molecule has 5 heteroatoms. The summed E-state index contributed by atoms with van der Waals surface area (Å²) < 4.78 is 0. The molecule has 1 aliphatic rings. The van der Waals surface area contributed by atoms with Crippen molar-refractivity contribution in [1.82, 2.24) is 10.6 Å². The molecule has 1 unspecified atom stereocenters. The zero-order valence-electron chi connectivity index (χ0n) is 13.5. The number of amides is 1. The summed E-state index contributed by atoms with van der Waals surface area (Å²) in [6, 6.07) is 11.8. The van der Waals surface area contributed by atoms with Crippen LogP contribution in [0, 0.1) is 5.92 Å². The summed E-state index contributed by atoms with van der Waals surface area (Å²) >= 11 is 12.1. The van der Waals surface area contributed by atoms with Crippen molar-refractivity contribution < 1.29 is 4.79 Å². The maximum absolute atomic E-state index is 12.3. The standard InChI is InChI=1S/C19H20Cl2N2O/c1-12(6-14-4-5-17(20)8-18(14)21)19(24)23-9-13-2-3-15-10-22-11-16(15)7-13/h2-5,7-8,12,22H,6,9-11H2,1H3,(H,23,24). The Balaban J connectivity index is 1.56. The highest BCUT2D eigenvalue weighted by Crippen LogP contribution is 2.23. The monoisotopic (exact) mass is 362 g/mol. The summed E-state index contributed by atoms with van der Waals surface area (Å²) in [6.45, 7) is 4.29. The van der Waals surface area contributed by atoms with E-state index < -0.39 is 0 Å². The Hall–Kier alpha value is -1.55. The molecular formula is C19H20Cl2N2O. The fourth-order valence-electron chi connectivity index (χ4n) is 2.93. The molecule has 2 N–H and O–H groups in total. The second-order valence-corrected chi connectivity index (χ2v) is 7.11. The fourth-order valence-corrected chi connectivity index (χ4v) is 3.42.